The molecule has 1 rings (SSSR count). The fourth-order valence-corrected chi connectivity index (χ4v) is 1.60. The maximum Gasteiger partial charge on any atom is 0.186 e. The fourth-order valence-electron chi connectivity index (χ4n) is 1.17. The van der Waals surface area contributed by atoms with E-state index < -0.39 is 0 Å². The van der Waals surface area contributed by atoms with Crippen LogP contribution in [0.3, 0.4) is 0 Å². The standard InChI is InChI=1S/C12H14N2O2S/c1-9(15)17-8-2-3-10-4-6-11(7-5-10)12(13)14-16/h2-7,16H,8H2,1H3,(H2,13,14). The Hall–Kier alpha value is -1.75. The molecular weight excluding hydrogens is 236 g/mol. The van der Waals surface area contributed by atoms with Gasteiger partial charge < -0.3 is 10.9 Å². The molecule has 0 saturated heterocycles. The number of benzene rings is 1. The Morgan fingerprint density at radius 3 is 2.65 bits per heavy atom. The zero-order valence-electron chi connectivity index (χ0n) is 9.46. The van der Waals surface area contributed by atoms with Gasteiger partial charge >= 0.3 is 0 Å². The molecule has 0 radical (unpaired) electrons. The molecule has 0 heterocycles. The Balaban J connectivity index is 2.59. The van der Waals surface area contributed by atoms with E-state index in [1.54, 1.807) is 19.1 Å². The van der Waals surface area contributed by atoms with Crippen molar-refractivity contribution in [2.45, 2.75) is 6.92 Å². The molecule has 0 spiro atoms. The summed E-state index contributed by atoms with van der Waals surface area (Å²) in [6.45, 7) is 1.55. The summed E-state index contributed by atoms with van der Waals surface area (Å²) in [5.41, 5.74) is 7.11. The number of rotatable bonds is 4. The lowest BCUT2D eigenvalue weighted by Gasteiger charge is -1.98. The number of nitrogens with zero attached hydrogens (tertiary/aromatic N) is 1. The molecule has 0 unspecified atom stereocenters. The molecule has 0 aliphatic rings. The SMILES string of the molecule is CC(=O)SCC=Cc1ccc(C(N)=NO)cc1. The van der Waals surface area contributed by atoms with Gasteiger partial charge in [-0.15, -0.1) is 0 Å². The van der Waals surface area contributed by atoms with E-state index in [-0.39, 0.29) is 11.0 Å². The first-order valence-corrected chi connectivity index (χ1v) is 6.00. The van der Waals surface area contributed by atoms with Crippen LogP contribution in [0.1, 0.15) is 18.1 Å². The predicted octanol–water partition coefficient (Wildman–Crippen LogP) is 2.07. The summed E-state index contributed by atoms with van der Waals surface area (Å²) in [7, 11) is 0. The molecule has 0 aromatic heterocycles. The highest BCUT2D eigenvalue weighted by atomic mass is 32.2. The maximum absolute atomic E-state index is 10.7. The lowest BCUT2D eigenvalue weighted by Crippen LogP contribution is -2.12. The van der Waals surface area contributed by atoms with E-state index in [4.69, 9.17) is 10.9 Å². The summed E-state index contributed by atoms with van der Waals surface area (Å²) < 4.78 is 0. The number of nitrogens with two attached hydrogens (primary N) is 1. The Morgan fingerprint density at radius 1 is 1.47 bits per heavy atom. The molecule has 17 heavy (non-hydrogen) atoms. The molecule has 1 aromatic rings. The van der Waals surface area contributed by atoms with Gasteiger partial charge in [-0.3, -0.25) is 4.79 Å². The Morgan fingerprint density at radius 2 is 2.12 bits per heavy atom. The van der Waals surface area contributed by atoms with Gasteiger partial charge in [0.15, 0.2) is 11.0 Å². The van der Waals surface area contributed by atoms with Gasteiger partial charge in [-0.05, 0) is 5.56 Å². The van der Waals surface area contributed by atoms with Crippen molar-refractivity contribution in [1.29, 1.82) is 0 Å². The van der Waals surface area contributed by atoms with Crippen molar-refractivity contribution in [3.63, 3.8) is 0 Å². The molecule has 90 valence electrons. The average Bonchev–Trinajstić information content (AvgIpc) is 2.34. The van der Waals surface area contributed by atoms with Crippen LogP contribution in [-0.2, 0) is 4.79 Å². The zero-order valence-corrected chi connectivity index (χ0v) is 10.3. The van der Waals surface area contributed by atoms with Gasteiger partial charge in [-0.2, -0.15) is 0 Å². The number of carbonyl (C=O) groups is 1. The van der Waals surface area contributed by atoms with Crippen LogP contribution < -0.4 is 5.73 Å². The zero-order chi connectivity index (χ0) is 12.7. The highest BCUT2D eigenvalue weighted by Crippen LogP contribution is 2.08. The molecular formula is C12H14N2O2S. The number of oxime groups is 1. The van der Waals surface area contributed by atoms with Gasteiger partial charge in [0, 0.05) is 18.2 Å². The first-order valence-electron chi connectivity index (χ1n) is 5.01. The topological polar surface area (TPSA) is 75.7 Å². The number of hydrogen-bond donors (Lipinski definition) is 2. The normalized spacial score (nSPS) is 11.9. The van der Waals surface area contributed by atoms with E-state index in [1.807, 2.05) is 24.3 Å². The van der Waals surface area contributed by atoms with E-state index in [2.05, 4.69) is 5.16 Å². The molecule has 0 fully saturated rings. The summed E-state index contributed by atoms with van der Waals surface area (Å²) in [6.07, 6.45) is 3.84. The lowest BCUT2D eigenvalue weighted by atomic mass is 10.1. The summed E-state index contributed by atoms with van der Waals surface area (Å²) in [5.74, 6) is 0.754. The number of carbonyl (C=O) groups excluding carboxylic acids is 1. The van der Waals surface area contributed by atoms with Gasteiger partial charge in [-0.25, -0.2) is 0 Å². The molecule has 0 amide bonds. The number of amidine groups is 1. The molecule has 0 aliphatic heterocycles. The van der Waals surface area contributed by atoms with Crippen LogP contribution in [-0.4, -0.2) is 21.9 Å². The maximum atomic E-state index is 10.7. The minimum absolute atomic E-state index is 0.0904. The molecule has 4 nitrogen and oxygen atoms in total. The van der Waals surface area contributed by atoms with E-state index in [0.29, 0.717) is 11.3 Å². The van der Waals surface area contributed by atoms with Crippen LogP contribution >= 0.6 is 11.8 Å². The predicted molar refractivity (Wildman–Crippen MR) is 71.1 cm³/mol. The second-order valence-corrected chi connectivity index (χ2v) is 4.51. The van der Waals surface area contributed by atoms with E-state index in [1.165, 1.54) is 11.8 Å². The van der Waals surface area contributed by atoms with Crippen molar-refractivity contribution >= 4 is 28.8 Å². The van der Waals surface area contributed by atoms with Crippen LogP contribution in [0.5, 0.6) is 0 Å². The summed E-state index contributed by atoms with van der Waals surface area (Å²) >= 11 is 1.26. The third kappa shape index (κ3) is 4.74. The summed E-state index contributed by atoms with van der Waals surface area (Å²) in [6, 6.07) is 7.27. The van der Waals surface area contributed by atoms with Gasteiger partial charge in [0.25, 0.3) is 0 Å². The second-order valence-electron chi connectivity index (χ2n) is 3.31. The molecule has 0 atom stereocenters. The first-order chi connectivity index (χ1) is 8.13. The smallest absolute Gasteiger partial charge is 0.186 e. The van der Waals surface area contributed by atoms with Crippen LogP contribution in [0.15, 0.2) is 35.5 Å². The third-order valence-electron chi connectivity index (χ3n) is 2.01. The van der Waals surface area contributed by atoms with Gasteiger partial charge in [0.2, 0.25) is 0 Å². The number of thioether (sulfide) groups is 1. The molecule has 5 heteroatoms. The fraction of sp³-hybridized carbons (Fsp3) is 0.167. The van der Waals surface area contributed by atoms with Crippen molar-refractivity contribution < 1.29 is 10.0 Å². The van der Waals surface area contributed by atoms with E-state index in [9.17, 15) is 4.79 Å². The summed E-state index contributed by atoms with van der Waals surface area (Å²) in [5, 5.41) is 11.5. The Bertz CT molecular complexity index is 438. The highest BCUT2D eigenvalue weighted by molar-refractivity contribution is 8.13. The van der Waals surface area contributed by atoms with Crippen molar-refractivity contribution in [2.24, 2.45) is 10.9 Å². The van der Waals surface area contributed by atoms with Crippen LogP contribution in [0.2, 0.25) is 0 Å². The largest absolute Gasteiger partial charge is 0.409 e. The van der Waals surface area contributed by atoms with Gasteiger partial charge in [0.05, 0.1) is 0 Å². The van der Waals surface area contributed by atoms with E-state index >= 15 is 0 Å². The first kappa shape index (κ1) is 13.3. The Labute approximate surface area is 104 Å². The molecule has 0 saturated carbocycles. The molecule has 3 N–H and O–H groups in total. The lowest BCUT2D eigenvalue weighted by molar-refractivity contribution is -0.109. The molecule has 1 aromatic carbocycles. The Kier molecular flexibility index (Phi) is 5.29. The van der Waals surface area contributed by atoms with Crippen molar-refractivity contribution in [2.75, 3.05) is 5.75 Å². The van der Waals surface area contributed by atoms with Gasteiger partial charge in [-0.1, -0.05) is 53.3 Å². The van der Waals surface area contributed by atoms with Crippen molar-refractivity contribution in [3.05, 3.63) is 41.5 Å². The van der Waals surface area contributed by atoms with Gasteiger partial charge in [0.1, 0.15) is 0 Å². The van der Waals surface area contributed by atoms with Crippen molar-refractivity contribution in [3.8, 4) is 0 Å². The number of hydrogen-bond acceptors (Lipinski definition) is 4. The van der Waals surface area contributed by atoms with Crippen molar-refractivity contribution in [1.82, 2.24) is 0 Å². The average molecular weight is 250 g/mol. The van der Waals surface area contributed by atoms with Crippen LogP contribution in [0, 0.1) is 0 Å². The molecule has 0 bridgehead atoms. The highest BCUT2D eigenvalue weighted by Gasteiger charge is 1.97. The summed E-state index contributed by atoms with van der Waals surface area (Å²) in [4.78, 5) is 10.7. The van der Waals surface area contributed by atoms with Crippen LogP contribution in [0.4, 0.5) is 0 Å². The molecule has 0 aliphatic carbocycles. The minimum Gasteiger partial charge on any atom is -0.409 e. The minimum atomic E-state index is 0.0904. The third-order valence-corrected chi connectivity index (χ3v) is 2.77. The second kappa shape index (κ2) is 6.75. The van der Waals surface area contributed by atoms with E-state index in [0.717, 1.165) is 5.56 Å². The monoisotopic (exact) mass is 250 g/mol. The quantitative estimate of drug-likeness (QED) is 0.371. The van der Waals surface area contributed by atoms with Crippen LogP contribution in [0.25, 0.3) is 6.08 Å².